The number of morpholine rings is 1. The van der Waals surface area contributed by atoms with Crippen LogP contribution in [0.15, 0.2) is 40.0 Å². The van der Waals surface area contributed by atoms with E-state index in [-0.39, 0.29) is 48.6 Å². The number of amides is 1. The first-order valence-electron chi connectivity index (χ1n) is 12.2. The minimum absolute atomic E-state index is 0.00419. The van der Waals surface area contributed by atoms with Gasteiger partial charge in [-0.3, -0.25) is 9.59 Å². The number of pyridine rings is 1. The third-order valence-corrected chi connectivity index (χ3v) is 8.56. The van der Waals surface area contributed by atoms with Crippen molar-refractivity contribution in [3.05, 3.63) is 80.4 Å². The molecule has 3 aliphatic rings. The van der Waals surface area contributed by atoms with Gasteiger partial charge in [-0.05, 0) is 29.7 Å². The van der Waals surface area contributed by atoms with E-state index in [1.807, 2.05) is 6.07 Å². The summed E-state index contributed by atoms with van der Waals surface area (Å²) in [6.45, 7) is -0.909. The molecule has 1 fully saturated rings. The van der Waals surface area contributed by atoms with E-state index < -0.39 is 66.7 Å². The zero-order valence-corrected chi connectivity index (χ0v) is 22.6. The molecule has 3 N–H and O–H groups in total. The van der Waals surface area contributed by atoms with Gasteiger partial charge >= 0.3 is 7.82 Å². The molecule has 1 amide bonds. The normalized spacial score (nSPS) is 18.0. The van der Waals surface area contributed by atoms with Crippen LogP contribution in [-0.2, 0) is 26.0 Å². The highest BCUT2D eigenvalue weighted by molar-refractivity contribution is 7.98. The smallest absolute Gasteiger partial charge is 0.460 e. The Bertz CT molecular complexity index is 1700. The fourth-order valence-corrected chi connectivity index (χ4v) is 6.42. The first-order valence-corrected chi connectivity index (χ1v) is 14.7. The second-order valence-electron chi connectivity index (χ2n) is 9.36. The van der Waals surface area contributed by atoms with E-state index in [1.54, 1.807) is 18.2 Å². The predicted molar refractivity (Wildman–Crippen MR) is 138 cm³/mol. The highest BCUT2D eigenvalue weighted by atomic mass is 32.2. The Hall–Kier alpha value is -3.33. The van der Waals surface area contributed by atoms with E-state index in [0.717, 1.165) is 21.2 Å². The molecule has 2 aromatic carbocycles. The minimum Gasteiger partial charge on any atom is -0.460 e. The summed E-state index contributed by atoms with van der Waals surface area (Å²) in [6, 6.07) is 8.00. The molecular formula is C25H21F3N3O8PS. The molecule has 0 saturated carbocycles. The number of aromatic nitrogens is 1. The molecule has 216 valence electrons. The van der Waals surface area contributed by atoms with Crippen LogP contribution >= 0.6 is 19.6 Å². The molecule has 0 unspecified atom stereocenters. The molecule has 1 atom stereocenters. The van der Waals surface area contributed by atoms with Gasteiger partial charge in [0.15, 0.2) is 17.3 Å². The summed E-state index contributed by atoms with van der Waals surface area (Å²) >= 11 is 1.28. The molecule has 4 heterocycles. The number of nitrogens with zero attached hydrogens (tertiary/aromatic N) is 2. The summed E-state index contributed by atoms with van der Waals surface area (Å²) in [4.78, 5) is 47.1. The number of hydrogen-bond acceptors (Lipinski definition) is 8. The van der Waals surface area contributed by atoms with Crippen LogP contribution in [0.25, 0.3) is 11.3 Å². The van der Waals surface area contributed by atoms with Crippen molar-refractivity contribution in [2.45, 2.75) is 23.2 Å². The Morgan fingerprint density at radius 3 is 2.68 bits per heavy atom. The van der Waals surface area contributed by atoms with Crippen LogP contribution in [0.4, 0.5) is 13.2 Å². The number of ether oxygens (including phenoxy) is 2. The van der Waals surface area contributed by atoms with E-state index >= 15 is 13.2 Å². The number of fused-ring (bicyclic) bond motifs is 4. The number of halogens is 3. The number of benzene rings is 2. The lowest BCUT2D eigenvalue weighted by Gasteiger charge is -2.42. The number of carbonyl (C=O) groups is 1. The molecule has 3 aliphatic heterocycles. The lowest BCUT2D eigenvalue weighted by atomic mass is 9.92. The molecule has 1 saturated heterocycles. The maximum atomic E-state index is 16.1. The second kappa shape index (κ2) is 10.5. The predicted octanol–water partition coefficient (Wildman–Crippen LogP) is 2.93. The van der Waals surface area contributed by atoms with Crippen molar-refractivity contribution in [3.8, 4) is 17.0 Å². The van der Waals surface area contributed by atoms with Crippen molar-refractivity contribution in [2.24, 2.45) is 0 Å². The molecule has 0 radical (unpaired) electrons. The van der Waals surface area contributed by atoms with Gasteiger partial charge in [-0.25, -0.2) is 26.9 Å². The summed E-state index contributed by atoms with van der Waals surface area (Å²) in [7, 11) is -5.04. The molecule has 0 bridgehead atoms. The van der Waals surface area contributed by atoms with E-state index in [2.05, 4.69) is 9.95 Å². The average Bonchev–Trinajstić information content (AvgIpc) is 3.13. The highest BCUT2D eigenvalue weighted by Gasteiger charge is 2.41. The molecule has 0 aliphatic carbocycles. The molecule has 11 nitrogen and oxygen atoms in total. The van der Waals surface area contributed by atoms with Crippen molar-refractivity contribution >= 4 is 25.5 Å². The van der Waals surface area contributed by atoms with Crippen molar-refractivity contribution in [3.63, 3.8) is 0 Å². The van der Waals surface area contributed by atoms with E-state index in [9.17, 15) is 14.2 Å². The Balaban J connectivity index is 1.60. The number of carbonyl (C=O) groups excluding carboxylic acids is 1. The van der Waals surface area contributed by atoms with Gasteiger partial charge in [0.05, 0.1) is 13.2 Å². The number of nitrogens with one attached hydrogen (secondary N) is 1. The van der Waals surface area contributed by atoms with Crippen LogP contribution in [-0.4, -0.2) is 58.0 Å². The average molecular weight is 611 g/mol. The summed E-state index contributed by atoms with van der Waals surface area (Å²) in [5.41, 5.74) is 1.25. The highest BCUT2D eigenvalue weighted by Crippen LogP contribution is 2.42. The molecule has 0 spiro atoms. The fraction of sp³-hybridized carbons (Fsp3) is 0.280. The maximum Gasteiger partial charge on any atom is 0.472 e. The maximum absolute atomic E-state index is 16.1. The van der Waals surface area contributed by atoms with Gasteiger partial charge in [0.1, 0.15) is 11.9 Å². The SMILES string of the molecule is O=C1c2c(OCOP(=O)(O)O)c(=O)c(F)c(-c3cc(F)c(F)c4c3Cc3ccccc3SC4)n2N[C@@H]2COCCN12. The Labute approximate surface area is 234 Å². The Kier molecular flexibility index (Phi) is 7.12. The van der Waals surface area contributed by atoms with Crippen LogP contribution in [0.5, 0.6) is 5.75 Å². The number of thioether (sulfide) groups is 1. The molecule has 41 heavy (non-hydrogen) atoms. The third kappa shape index (κ3) is 4.92. The van der Waals surface area contributed by atoms with Gasteiger partial charge in [-0.15, -0.1) is 11.8 Å². The molecule has 16 heteroatoms. The molecule has 3 aromatic rings. The van der Waals surface area contributed by atoms with Gasteiger partial charge in [-0.1, -0.05) is 18.2 Å². The first kappa shape index (κ1) is 27.8. The summed E-state index contributed by atoms with van der Waals surface area (Å²) in [5.74, 6) is -5.47. The lowest BCUT2D eigenvalue weighted by Crippen LogP contribution is -2.59. The van der Waals surface area contributed by atoms with Gasteiger partial charge < -0.3 is 29.6 Å². The van der Waals surface area contributed by atoms with Gasteiger partial charge in [-0.2, -0.15) is 0 Å². The van der Waals surface area contributed by atoms with Crippen molar-refractivity contribution < 1.29 is 46.3 Å². The number of phosphoric acid groups is 1. The zero-order chi connectivity index (χ0) is 29.1. The lowest BCUT2D eigenvalue weighted by molar-refractivity contribution is -0.00362. The quantitative estimate of drug-likeness (QED) is 0.292. The van der Waals surface area contributed by atoms with Gasteiger partial charge in [0.2, 0.25) is 18.4 Å². The Morgan fingerprint density at radius 2 is 1.90 bits per heavy atom. The third-order valence-electron chi connectivity index (χ3n) is 6.97. The minimum atomic E-state index is -5.04. The zero-order valence-electron chi connectivity index (χ0n) is 20.9. The topological polar surface area (TPSA) is 140 Å². The van der Waals surface area contributed by atoms with E-state index in [1.165, 1.54) is 16.7 Å². The van der Waals surface area contributed by atoms with Crippen LogP contribution in [0.1, 0.15) is 27.2 Å². The van der Waals surface area contributed by atoms with Crippen LogP contribution in [0.3, 0.4) is 0 Å². The summed E-state index contributed by atoms with van der Waals surface area (Å²) in [6.07, 6.45) is -0.738. The standard InChI is InChI=1S/C25H21F3N3O8PS/c26-16-8-14(13-7-12-3-1-2-4-17(12)41-10-15(13)19(16)27)21-20(28)23(32)24(38-11-39-40(34,35)36)22-25(33)30-5-6-37-9-18(30)29-31(21)22/h1-4,8,18,29H,5-7,9-11H2,(H2,34,35,36)/t18-/m0/s1. The number of phosphoric ester groups is 1. The van der Waals surface area contributed by atoms with Crippen LogP contribution in [0, 0.1) is 17.5 Å². The summed E-state index contributed by atoms with van der Waals surface area (Å²) < 4.78 is 73.2. The van der Waals surface area contributed by atoms with E-state index in [0.29, 0.717) is 0 Å². The van der Waals surface area contributed by atoms with Gasteiger partial charge in [0.25, 0.3) is 11.3 Å². The second-order valence-corrected chi connectivity index (χ2v) is 11.6. The fourth-order valence-electron chi connectivity index (χ4n) is 5.12. The van der Waals surface area contributed by atoms with E-state index in [4.69, 9.17) is 19.3 Å². The van der Waals surface area contributed by atoms with Crippen molar-refractivity contribution in [1.82, 2.24) is 9.58 Å². The summed E-state index contributed by atoms with van der Waals surface area (Å²) in [5, 5.41) is 0. The van der Waals surface area contributed by atoms with Crippen molar-refractivity contribution in [1.29, 1.82) is 0 Å². The molecular weight excluding hydrogens is 590 g/mol. The number of hydrogen-bond donors (Lipinski definition) is 3. The first-order chi connectivity index (χ1) is 19.5. The van der Waals surface area contributed by atoms with Crippen LogP contribution < -0.4 is 15.6 Å². The molecule has 6 rings (SSSR count). The van der Waals surface area contributed by atoms with Crippen molar-refractivity contribution in [2.75, 3.05) is 32.0 Å². The largest absolute Gasteiger partial charge is 0.472 e. The Morgan fingerprint density at radius 1 is 1.12 bits per heavy atom. The van der Waals surface area contributed by atoms with Gasteiger partial charge in [0, 0.05) is 28.3 Å². The molecule has 1 aromatic heterocycles. The monoisotopic (exact) mass is 611 g/mol. The number of rotatable bonds is 5. The van der Waals surface area contributed by atoms with Crippen LogP contribution in [0.2, 0.25) is 0 Å².